The van der Waals surface area contributed by atoms with Crippen molar-refractivity contribution in [2.45, 2.75) is 12.7 Å². The molecule has 0 amide bonds. The van der Waals surface area contributed by atoms with Crippen LogP contribution in [0.2, 0.25) is 0 Å². The number of nitrogens with zero attached hydrogens (tertiary/aromatic N) is 5. The van der Waals surface area contributed by atoms with Crippen LogP contribution in [0.25, 0.3) is 0 Å². The summed E-state index contributed by atoms with van der Waals surface area (Å²) in [5.74, 6) is -0.439. The highest BCUT2D eigenvalue weighted by Gasteiger charge is 2.45. The Labute approximate surface area is 94.0 Å². The number of benzene rings is 1. The van der Waals surface area contributed by atoms with Crippen molar-refractivity contribution in [3.8, 4) is 0 Å². The van der Waals surface area contributed by atoms with Gasteiger partial charge < -0.3 is 0 Å². The van der Waals surface area contributed by atoms with Crippen molar-refractivity contribution in [3.63, 3.8) is 0 Å². The summed E-state index contributed by atoms with van der Waals surface area (Å²) in [7, 11) is 1.89. The molecule has 0 fully saturated rings. The van der Waals surface area contributed by atoms with Crippen LogP contribution >= 0.6 is 0 Å². The third kappa shape index (κ3) is 1.14. The molecule has 5 heteroatoms. The molecule has 0 bridgehead atoms. The van der Waals surface area contributed by atoms with Crippen molar-refractivity contribution in [1.82, 2.24) is 10.0 Å². The van der Waals surface area contributed by atoms with E-state index in [4.69, 9.17) is 4.99 Å². The van der Waals surface area contributed by atoms with Crippen LogP contribution in [0.3, 0.4) is 0 Å². The summed E-state index contributed by atoms with van der Waals surface area (Å²) in [6.07, 6.45) is 0. The van der Waals surface area contributed by atoms with Gasteiger partial charge in [0, 0.05) is 14.0 Å². The Hall–Kier alpha value is -1.91. The molecular weight excluding hydrogens is 202 g/mol. The van der Waals surface area contributed by atoms with Crippen LogP contribution in [0.1, 0.15) is 12.5 Å². The molecule has 0 radical (unpaired) electrons. The summed E-state index contributed by atoms with van der Waals surface area (Å²) in [4.78, 5) is 4.71. The van der Waals surface area contributed by atoms with Gasteiger partial charge in [-0.3, -0.25) is 0 Å². The summed E-state index contributed by atoms with van der Waals surface area (Å²) < 4.78 is 0. The molecule has 3 rings (SSSR count). The van der Waals surface area contributed by atoms with E-state index >= 15 is 0 Å². The summed E-state index contributed by atoms with van der Waals surface area (Å²) in [5.41, 5.74) is 2.22. The van der Waals surface area contributed by atoms with E-state index in [9.17, 15) is 0 Å². The van der Waals surface area contributed by atoms with Crippen molar-refractivity contribution in [1.29, 1.82) is 0 Å². The molecule has 0 aliphatic carbocycles. The standard InChI is InChI=1S/C11H13N5/c1-11-12-10(9-6-4-3-5-7-9)8-16(11)14-13-15(11)2/h3-7H,8H2,1-2H3. The van der Waals surface area contributed by atoms with Crippen LogP contribution in [0.4, 0.5) is 0 Å². The zero-order valence-corrected chi connectivity index (χ0v) is 9.33. The molecule has 82 valence electrons. The maximum Gasteiger partial charge on any atom is 0.239 e. The molecule has 1 aromatic carbocycles. The highest BCUT2D eigenvalue weighted by atomic mass is 15.9. The van der Waals surface area contributed by atoms with E-state index in [-0.39, 0.29) is 0 Å². The Morgan fingerprint density at radius 3 is 2.62 bits per heavy atom. The van der Waals surface area contributed by atoms with E-state index in [1.54, 1.807) is 5.01 Å². The molecule has 0 saturated heterocycles. The van der Waals surface area contributed by atoms with Gasteiger partial charge in [-0.05, 0) is 16.0 Å². The summed E-state index contributed by atoms with van der Waals surface area (Å²) >= 11 is 0. The van der Waals surface area contributed by atoms with Gasteiger partial charge in [0.2, 0.25) is 5.79 Å². The molecule has 16 heavy (non-hydrogen) atoms. The molecule has 2 heterocycles. The minimum absolute atomic E-state index is 0.439. The van der Waals surface area contributed by atoms with Gasteiger partial charge in [0.15, 0.2) is 0 Å². The Kier molecular flexibility index (Phi) is 1.77. The van der Waals surface area contributed by atoms with Crippen LogP contribution in [0.5, 0.6) is 0 Å². The smallest absolute Gasteiger partial charge is 0.236 e. The minimum Gasteiger partial charge on any atom is -0.236 e. The Morgan fingerprint density at radius 2 is 1.94 bits per heavy atom. The van der Waals surface area contributed by atoms with Crippen molar-refractivity contribution in [2.75, 3.05) is 13.6 Å². The van der Waals surface area contributed by atoms with Crippen LogP contribution < -0.4 is 0 Å². The van der Waals surface area contributed by atoms with Gasteiger partial charge >= 0.3 is 0 Å². The van der Waals surface area contributed by atoms with E-state index in [2.05, 4.69) is 22.6 Å². The van der Waals surface area contributed by atoms with Gasteiger partial charge in [0.05, 0.1) is 12.3 Å². The third-order valence-electron chi connectivity index (χ3n) is 3.14. The molecule has 2 aliphatic heterocycles. The number of fused-ring (bicyclic) bond motifs is 1. The zero-order chi connectivity index (χ0) is 11.2. The average Bonchev–Trinajstić information content (AvgIpc) is 2.77. The fraction of sp³-hybridized carbons (Fsp3) is 0.364. The number of hydrogen-bond donors (Lipinski definition) is 0. The minimum atomic E-state index is -0.439. The lowest BCUT2D eigenvalue weighted by molar-refractivity contribution is 0.0587. The Bertz CT molecular complexity index is 467. The topological polar surface area (TPSA) is 43.6 Å². The molecule has 0 saturated carbocycles. The second-order valence-electron chi connectivity index (χ2n) is 4.16. The molecule has 1 aromatic rings. The molecule has 2 aliphatic rings. The molecule has 0 N–H and O–H groups in total. The quantitative estimate of drug-likeness (QED) is 0.715. The second kappa shape index (κ2) is 3.04. The van der Waals surface area contributed by atoms with Crippen LogP contribution in [0, 0.1) is 0 Å². The fourth-order valence-electron chi connectivity index (χ4n) is 1.98. The van der Waals surface area contributed by atoms with E-state index < -0.39 is 5.79 Å². The molecular formula is C11H13N5. The maximum atomic E-state index is 4.71. The second-order valence-corrected chi connectivity index (χ2v) is 4.16. The lowest BCUT2D eigenvalue weighted by Crippen LogP contribution is -2.44. The first-order valence-electron chi connectivity index (χ1n) is 5.27. The summed E-state index contributed by atoms with van der Waals surface area (Å²) in [5, 5.41) is 11.8. The van der Waals surface area contributed by atoms with Gasteiger partial charge in [0.1, 0.15) is 0 Å². The molecule has 1 atom stereocenters. The lowest BCUT2D eigenvalue weighted by Gasteiger charge is -2.27. The van der Waals surface area contributed by atoms with E-state index in [0.29, 0.717) is 6.54 Å². The SMILES string of the molecule is CN1N=NN2CC(c3ccccc3)=NC12C. The predicted octanol–water partition coefficient (Wildman–Crippen LogP) is 1.69. The van der Waals surface area contributed by atoms with Crippen molar-refractivity contribution in [2.24, 2.45) is 15.4 Å². The normalized spacial score (nSPS) is 27.2. The van der Waals surface area contributed by atoms with Crippen LogP contribution in [0.15, 0.2) is 45.8 Å². The molecule has 0 aromatic heterocycles. The van der Waals surface area contributed by atoms with Crippen LogP contribution in [-0.2, 0) is 0 Å². The van der Waals surface area contributed by atoms with Gasteiger partial charge in [-0.25, -0.2) is 15.0 Å². The van der Waals surface area contributed by atoms with Gasteiger partial charge in [0.25, 0.3) is 0 Å². The zero-order valence-electron chi connectivity index (χ0n) is 9.33. The van der Waals surface area contributed by atoms with Crippen molar-refractivity contribution in [3.05, 3.63) is 35.9 Å². The average molecular weight is 215 g/mol. The molecule has 1 unspecified atom stereocenters. The van der Waals surface area contributed by atoms with Crippen molar-refractivity contribution < 1.29 is 0 Å². The number of aliphatic imine (C=N–C) groups is 1. The highest BCUT2D eigenvalue weighted by Crippen LogP contribution is 2.33. The third-order valence-corrected chi connectivity index (χ3v) is 3.14. The largest absolute Gasteiger partial charge is 0.239 e. The van der Waals surface area contributed by atoms with Crippen LogP contribution in [-0.4, -0.2) is 35.1 Å². The monoisotopic (exact) mass is 215 g/mol. The number of hydrogen-bond acceptors (Lipinski definition) is 5. The summed E-state index contributed by atoms with van der Waals surface area (Å²) in [6.45, 7) is 2.73. The molecule has 5 nitrogen and oxygen atoms in total. The van der Waals surface area contributed by atoms with E-state index in [0.717, 1.165) is 11.3 Å². The fourth-order valence-corrected chi connectivity index (χ4v) is 1.98. The Balaban J connectivity index is 1.97. The first-order chi connectivity index (χ1) is 7.70. The summed E-state index contributed by atoms with van der Waals surface area (Å²) in [6, 6.07) is 10.2. The first kappa shape index (κ1) is 9.33. The molecule has 0 spiro atoms. The highest BCUT2D eigenvalue weighted by molar-refractivity contribution is 6.03. The van der Waals surface area contributed by atoms with E-state index in [1.807, 2.05) is 37.2 Å². The van der Waals surface area contributed by atoms with E-state index in [1.165, 1.54) is 0 Å². The van der Waals surface area contributed by atoms with Gasteiger partial charge in [-0.2, -0.15) is 0 Å². The first-order valence-corrected chi connectivity index (χ1v) is 5.27. The predicted molar refractivity (Wildman–Crippen MR) is 60.7 cm³/mol. The maximum absolute atomic E-state index is 4.71. The van der Waals surface area contributed by atoms with Gasteiger partial charge in [-0.15, -0.1) is 0 Å². The Morgan fingerprint density at radius 1 is 1.19 bits per heavy atom. The lowest BCUT2D eigenvalue weighted by atomic mass is 10.1. The van der Waals surface area contributed by atoms with Gasteiger partial charge in [-0.1, -0.05) is 30.3 Å². The van der Waals surface area contributed by atoms with Crippen molar-refractivity contribution >= 4 is 5.71 Å². The number of rotatable bonds is 1.